The molecule has 0 saturated heterocycles. The third-order valence-corrected chi connectivity index (χ3v) is 3.71. The molecule has 0 aliphatic carbocycles. The van der Waals surface area contributed by atoms with Gasteiger partial charge in [0.15, 0.2) is 0 Å². The van der Waals surface area contributed by atoms with Gasteiger partial charge in [-0.25, -0.2) is 4.79 Å². The lowest BCUT2D eigenvalue weighted by molar-refractivity contribution is -0.119. The van der Waals surface area contributed by atoms with Crippen LogP contribution in [0.3, 0.4) is 0 Å². The SMILES string of the molecule is CC(C)(C)NC(=O)NCC(N)(CCNC(=O)CCl)CCNC(=O)CCl. The molecule has 0 aliphatic rings. The Morgan fingerprint density at radius 1 is 0.880 bits per heavy atom. The van der Waals surface area contributed by atoms with Gasteiger partial charge >= 0.3 is 6.03 Å². The topological polar surface area (TPSA) is 125 Å². The van der Waals surface area contributed by atoms with E-state index in [1.54, 1.807) is 0 Å². The lowest BCUT2D eigenvalue weighted by atomic mass is 9.92. The molecular weight excluding hydrogens is 369 g/mol. The minimum absolute atomic E-state index is 0.129. The van der Waals surface area contributed by atoms with Crippen molar-refractivity contribution >= 4 is 41.0 Å². The minimum atomic E-state index is -0.811. The van der Waals surface area contributed by atoms with E-state index in [0.29, 0.717) is 25.9 Å². The van der Waals surface area contributed by atoms with E-state index in [-0.39, 0.29) is 41.7 Å². The van der Waals surface area contributed by atoms with E-state index in [4.69, 9.17) is 28.9 Å². The van der Waals surface area contributed by atoms with Gasteiger partial charge in [-0.1, -0.05) is 0 Å². The van der Waals surface area contributed by atoms with Crippen molar-refractivity contribution in [2.24, 2.45) is 5.73 Å². The zero-order valence-corrected chi connectivity index (χ0v) is 16.5. The van der Waals surface area contributed by atoms with Gasteiger partial charge in [0, 0.05) is 30.7 Å². The van der Waals surface area contributed by atoms with Gasteiger partial charge in [0.05, 0.1) is 0 Å². The summed E-state index contributed by atoms with van der Waals surface area (Å²) in [6.07, 6.45) is 0.810. The maximum absolute atomic E-state index is 11.9. The second-order valence-electron chi connectivity index (χ2n) is 6.89. The molecule has 0 aromatic carbocycles. The zero-order valence-electron chi connectivity index (χ0n) is 15.0. The fourth-order valence-electron chi connectivity index (χ4n) is 1.94. The average Bonchev–Trinajstić information content (AvgIpc) is 2.51. The smallest absolute Gasteiger partial charge is 0.315 e. The van der Waals surface area contributed by atoms with Crippen LogP contribution in [0.2, 0.25) is 0 Å². The highest BCUT2D eigenvalue weighted by Gasteiger charge is 2.26. The molecule has 0 aromatic rings. The third kappa shape index (κ3) is 12.7. The van der Waals surface area contributed by atoms with Gasteiger partial charge in [0.2, 0.25) is 11.8 Å². The van der Waals surface area contributed by atoms with E-state index in [2.05, 4.69) is 21.3 Å². The van der Waals surface area contributed by atoms with Crippen LogP contribution in [0, 0.1) is 0 Å². The fraction of sp³-hybridized carbons (Fsp3) is 0.800. The molecule has 0 bridgehead atoms. The summed E-state index contributed by atoms with van der Waals surface area (Å²) in [5.74, 6) is -0.846. The Labute approximate surface area is 158 Å². The minimum Gasteiger partial charge on any atom is -0.355 e. The molecule has 0 aromatic heterocycles. The van der Waals surface area contributed by atoms with E-state index in [1.807, 2.05) is 20.8 Å². The van der Waals surface area contributed by atoms with Gasteiger partial charge in [-0.2, -0.15) is 0 Å². The number of halogens is 2. The van der Waals surface area contributed by atoms with E-state index < -0.39 is 5.54 Å². The van der Waals surface area contributed by atoms with Crippen molar-refractivity contribution in [2.45, 2.75) is 44.7 Å². The van der Waals surface area contributed by atoms with Gasteiger partial charge in [-0.3, -0.25) is 9.59 Å². The molecule has 0 heterocycles. The number of nitrogens with one attached hydrogen (secondary N) is 4. The van der Waals surface area contributed by atoms with Crippen molar-refractivity contribution in [2.75, 3.05) is 31.4 Å². The third-order valence-electron chi connectivity index (χ3n) is 3.22. The molecule has 0 atom stereocenters. The van der Waals surface area contributed by atoms with Crippen molar-refractivity contribution in [3.63, 3.8) is 0 Å². The second kappa shape index (κ2) is 11.4. The first-order chi connectivity index (χ1) is 11.5. The van der Waals surface area contributed by atoms with Gasteiger partial charge in [0.1, 0.15) is 11.8 Å². The maximum Gasteiger partial charge on any atom is 0.315 e. The van der Waals surface area contributed by atoms with Crippen LogP contribution < -0.4 is 27.0 Å². The number of hydrogen-bond acceptors (Lipinski definition) is 4. The van der Waals surface area contributed by atoms with E-state index >= 15 is 0 Å². The highest BCUT2D eigenvalue weighted by Crippen LogP contribution is 2.10. The monoisotopic (exact) mass is 397 g/mol. The fourth-order valence-corrected chi connectivity index (χ4v) is 2.13. The number of nitrogens with two attached hydrogens (primary N) is 1. The van der Waals surface area contributed by atoms with Crippen LogP contribution in [-0.4, -0.2) is 60.3 Å². The number of amides is 4. The predicted octanol–water partition coefficient (Wildman–Crippen LogP) is 0.272. The molecule has 6 N–H and O–H groups in total. The molecule has 0 spiro atoms. The number of alkyl halides is 2. The molecule has 0 rings (SSSR count). The van der Waals surface area contributed by atoms with Crippen LogP contribution in [0.1, 0.15) is 33.6 Å². The first-order valence-electron chi connectivity index (χ1n) is 8.01. The Morgan fingerprint density at radius 2 is 1.32 bits per heavy atom. The van der Waals surface area contributed by atoms with E-state index in [1.165, 1.54) is 0 Å². The normalized spacial score (nSPS) is 11.6. The molecule has 4 amide bonds. The number of hydrogen-bond donors (Lipinski definition) is 5. The molecule has 25 heavy (non-hydrogen) atoms. The summed E-state index contributed by atoms with van der Waals surface area (Å²) in [6.45, 7) is 6.41. The second-order valence-corrected chi connectivity index (χ2v) is 7.42. The van der Waals surface area contributed by atoms with Crippen molar-refractivity contribution in [1.82, 2.24) is 21.3 Å². The quantitative estimate of drug-likeness (QED) is 0.339. The Bertz CT molecular complexity index is 433. The Balaban J connectivity index is 4.60. The Morgan fingerprint density at radius 3 is 1.68 bits per heavy atom. The summed E-state index contributed by atoms with van der Waals surface area (Å²) in [7, 11) is 0. The molecule has 146 valence electrons. The number of carbonyl (C=O) groups is 3. The summed E-state index contributed by atoms with van der Waals surface area (Å²) >= 11 is 10.9. The standard InChI is InChI=1S/C15H29Cl2N5O3/c1-14(2,3)22-13(25)21-10-15(18,4-6-19-11(23)8-16)5-7-20-12(24)9-17/h4-10,18H2,1-3H3,(H,19,23)(H,20,24)(H2,21,22,25). The van der Waals surface area contributed by atoms with Crippen LogP contribution in [0.4, 0.5) is 4.79 Å². The highest BCUT2D eigenvalue weighted by atomic mass is 35.5. The van der Waals surface area contributed by atoms with E-state index in [0.717, 1.165) is 0 Å². The number of rotatable bonds is 10. The summed E-state index contributed by atoms with van der Waals surface area (Å²) < 4.78 is 0. The first-order valence-corrected chi connectivity index (χ1v) is 9.08. The highest BCUT2D eigenvalue weighted by molar-refractivity contribution is 6.27. The molecular formula is C15H29Cl2N5O3. The molecule has 0 saturated carbocycles. The Kier molecular flexibility index (Phi) is 10.8. The summed E-state index contributed by atoms with van der Waals surface area (Å²) in [6, 6.07) is -0.336. The van der Waals surface area contributed by atoms with Crippen molar-refractivity contribution in [3.8, 4) is 0 Å². The van der Waals surface area contributed by atoms with Crippen LogP contribution >= 0.6 is 23.2 Å². The Hall–Kier alpha value is -1.25. The zero-order chi connectivity index (χ0) is 19.5. The molecule has 8 nitrogen and oxygen atoms in total. The number of urea groups is 1. The summed E-state index contributed by atoms with van der Waals surface area (Å²) in [4.78, 5) is 34.4. The van der Waals surface area contributed by atoms with Crippen LogP contribution in [0.5, 0.6) is 0 Å². The molecule has 0 radical (unpaired) electrons. The van der Waals surface area contributed by atoms with Gasteiger partial charge in [-0.05, 0) is 33.6 Å². The molecule has 0 aliphatic heterocycles. The molecule has 10 heteroatoms. The van der Waals surface area contributed by atoms with Crippen LogP contribution in [-0.2, 0) is 9.59 Å². The van der Waals surface area contributed by atoms with Crippen molar-refractivity contribution < 1.29 is 14.4 Å². The van der Waals surface area contributed by atoms with Gasteiger partial charge < -0.3 is 27.0 Å². The molecule has 0 unspecified atom stereocenters. The lowest BCUT2D eigenvalue weighted by Crippen LogP contribution is -2.56. The van der Waals surface area contributed by atoms with Crippen LogP contribution in [0.15, 0.2) is 0 Å². The van der Waals surface area contributed by atoms with Crippen molar-refractivity contribution in [3.05, 3.63) is 0 Å². The van der Waals surface area contributed by atoms with Gasteiger partial charge in [0.25, 0.3) is 0 Å². The average molecular weight is 398 g/mol. The van der Waals surface area contributed by atoms with Crippen molar-refractivity contribution in [1.29, 1.82) is 0 Å². The summed E-state index contributed by atoms with van der Waals surface area (Å²) in [5, 5.41) is 10.8. The predicted molar refractivity (Wildman–Crippen MR) is 99.9 cm³/mol. The van der Waals surface area contributed by atoms with E-state index in [9.17, 15) is 14.4 Å². The largest absolute Gasteiger partial charge is 0.355 e. The molecule has 0 fully saturated rings. The first kappa shape index (κ1) is 23.8. The lowest BCUT2D eigenvalue weighted by Gasteiger charge is -2.31. The van der Waals surface area contributed by atoms with Gasteiger partial charge in [-0.15, -0.1) is 23.2 Å². The summed E-state index contributed by atoms with van der Waals surface area (Å²) in [5.41, 5.74) is 5.17. The maximum atomic E-state index is 11.9. The van der Waals surface area contributed by atoms with Crippen LogP contribution in [0.25, 0.3) is 0 Å². The number of carbonyl (C=O) groups excluding carboxylic acids is 3.